The van der Waals surface area contributed by atoms with E-state index in [4.69, 9.17) is 176 Å². The molecule has 0 bridgehead atoms. The predicted octanol–water partition coefficient (Wildman–Crippen LogP) is 0.407. The second kappa shape index (κ2) is 48.1. The molecule has 650 valence electrons. The minimum atomic E-state index is -0.427. The van der Waals surface area contributed by atoms with Gasteiger partial charge in [-0.2, -0.15) is 34.9 Å². The van der Waals surface area contributed by atoms with Gasteiger partial charge in [-0.1, -0.05) is 42.5 Å². The van der Waals surface area contributed by atoms with E-state index in [1.165, 1.54) is 30.3 Å². The van der Waals surface area contributed by atoms with Crippen molar-refractivity contribution in [2.45, 2.75) is 19.3 Å². The van der Waals surface area contributed by atoms with Crippen molar-refractivity contribution in [3.05, 3.63) is 168 Å². The van der Waals surface area contributed by atoms with Crippen LogP contribution < -0.4 is 171 Å². The zero-order chi connectivity index (χ0) is 90.4. The lowest BCUT2D eigenvalue weighted by atomic mass is 9.81. The first-order chi connectivity index (χ1) is 58.0. The highest BCUT2D eigenvalue weighted by Gasteiger charge is 2.36. The molecule has 5 heterocycles. The van der Waals surface area contributed by atoms with Crippen LogP contribution in [0.5, 0.6) is 17.2 Å². The summed E-state index contributed by atoms with van der Waals surface area (Å²) >= 11 is 0. The Hall–Kier alpha value is -15.8. The maximum atomic E-state index is 12.6. The zero-order valence-electron chi connectivity index (χ0n) is 67.2. The molecule has 0 atom stereocenters. The van der Waals surface area contributed by atoms with Crippen LogP contribution in [0.3, 0.4) is 0 Å². The number of aromatic nitrogens is 10. The van der Waals surface area contributed by atoms with E-state index < -0.39 is 11.6 Å². The SMILES string of the molecule is NCCCN(CCCN)CCCN.NCCN(CCN)CCN.Nc1cc(N)nc(N)n1.Nc1cc2nc(N)c(-c3ccccc3)nc2c(N)n1.Nc1ccc(-c2ccc(N)c(N)c2)cc1N.Nc1ccc(N)c2c1C(=O)c1c(N)ccc(N)c1C2=O.Nc1ccc(Oc2ccc(N)c(N)c2)cc1.Nc1nc(N)c(O)c(N)n1.Nc1nc(N)nc(N)n1. The summed E-state index contributed by atoms with van der Waals surface area (Å²) in [5.41, 5.74) is 169. The van der Waals surface area contributed by atoms with Gasteiger partial charge in [0, 0.05) is 91.5 Å². The molecular formula is C77H113N41O4. The van der Waals surface area contributed by atoms with Gasteiger partial charge in [0.2, 0.25) is 35.5 Å². The molecule has 1 aliphatic carbocycles. The van der Waals surface area contributed by atoms with E-state index in [9.17, 15) is 9.59 Å². The molecule has 0 fully saturated rings. The topological polar surface area (TPSA) is 954 Å². The van der Waals surface area contributed by atoms with Gasteiger partial charge >= 0.3 is 0 Å². The number of nitrogens with zero attached hydrogens (tertiary/aromatic N) is 12. The summed E-state index contributed by atoms with van der Waals surface area (Å²) < 4.78 is 5.58. The second-order valence-electron chi connectivity index (χ2n) is 26.1. The number of nitrogen functional groups attached to an aromatic ring is 23. The van der Waals surface area contributed by atoms with Crippen molar-refractivity contribution in [2.24, 2.45) is 34.4 Å². The van der Waals surface area contributed by atoms with Crippen molar-refractivity contribution >= 4 is 156 Å². The molecule has 0 aliphatic heterocycles. The fraction of sp³-hybridized carbons (Fsp3) is 0.195. The maximum Gasteiger partial charge on any atom is 0.226 e. The van der Waals surface area contributed by atoms with Crippen LogP contribution in [0.15, 0.2) is 146 Å². The molecule has 0 saturated heterocycles. The lowest BCUT2D eigenvalue weighted by molar-refractivity contribution is 0.0981. The highest BCUT2D eigenvalue weighted by atomic mass is 16.5. The fourth-order valence-corrected chi connectivity index (χ4v) is 10.8. The predicted molar refractivity (Wildman–Crippen MR) is 495 cm³/mol. The van der Waals surface area contributed by atoms with E-state index in [2.05, 4.69) is 59.6 Å². The number of fused-ring (bicyclic) bond motifs is 3. The van der Waals surface area contributed by atoms with Gasteiger partial charge in [0.15, 0.2) is 34.8 Å². The van der Waals surface area contributed by atoms with Crippen molar-refractivity contribution in [1.82, 2.24) is 59.6 Å². The lowest BCUT2D eigenvalue weighted by Gasteiger charge is -2.22. The Morgan fingerprint density at radius 2 is 0.639 bits per heavy atom. The van der Waals surface area contributed by atoms with Gasteiger partial charge in [0.25, 0.3) is 0 Å². The number of anilines is 23. The Morgan fingerprint density at radius 3 is 1.02 bits per heavy atom. The summed E-state index contributed by atoms with van der Waals surface area (Å²) in [6, 6.07) is 41.9. The largest absolute Gasteiger partial charge is 0.502 e. The maximum absolute atomic E-state index is 12.6. The summed E-state index contributed by atoms with van der Waals surface area (Å²) in [6.45, 7) is 10.3. The van der Waals surface area contributed by atoms with Crippen LogP contribution in [0, 0.1) is 0 Å². The highest BCUT2D eigenvalue weighted by molar-refractivity contribution is 6.34. The summed E-state index contributed by atoms with van der Waals surface area (Å²) in [4.78, 5) is 67.0. The molecule has 13 rings (SSSR count). The van der Waals surface area contributed by atoms with Crippen molar-refractivity contribution in [3.63, 3.8) is 0 Å². The van der Waals surface area contributed by atoms with Crippen LogP contribution in [0.25, 0.3) is 33.4 Å². The van der Waals surface area contributed by atoms with E-state index in [-0.39, 0.29) is 97.9 Å². The third kappa shape index (κ3) is 30.1. The smallest absolute Gasteiger partial charge is 0.226 e. The molecule has 122 heavy (non-hydrogen) atoms. The average Bonchev–Trinajstić information content (AvgIpc) is 0.734. The number of benzene rings is 7. The Morgan fingerprint density at radius 1 is 0.287 bits per heavy atom. The molecule has 12 aromatic rings. The Labute approximate surface area is 703 Å². The molecule has 0 saturated carbocycles. The first-order valence-corrected chi connectivity index (χ1v) is 37.2. The quantitative estimate of drug-likeness (QED) is 0.0487. The van der Waals surface area contributed by atoms with Crippen LogP contribution in [-0.2, 0) is 0 Å². The third-order valence-corrected chi connectivity index (χ3v) is 16.7. The number of rotatable bonds is 19. The minimum absolute atomic E-state index is 0.0417. The lowest BCUT2D eigenvalue weighted by Crippen LogP contribution is -2.37. The standard InChI is InChI=1S/C14H12N4O2.C13H12N6.C12H14N4.C12H13N3O.C9H24N4.C6H18N4.C4H7N5O.C4H7N5.C3H6N6/c15-5-1-2-6(16)10-9(5)13(19)11-7(17)3-4-8(18)12(11)14(10)20;14-9-6-8-11(13(16)18-9)19-10(12(15)17-8)7-4-2-1-3-5-7;13-9-3-1-7(5-11(9)15)8-2-4-10(14)12(16)6-8;13-8-1-3-9(4-2-8)16-10-5-6-11(14)12(15)7-10;10-4-1-7-13(8-2-5-11)9-3-6-12;7-1-4-10(5-2-8)6-3-9;5-2-1(10)3(6)9-4(7)8-2;5-2-1-3(6)9-4(7)8-2;4-1-7-2(5)9-3(6)8-1/h1-4H,15-18H2;1-6H,(H2,15,17)(H4,14,16,18);1-6H,13-16H2;1-7H,13-15H2;1-12H2;1-9H2;10H,(H6,5,6,7,8,9);1H,(H6,5,6,7,8,9);(H6,4,5,6,7,8,9). The molecule has 7 aromatic carbocycles. The van der Waals surface area contributed by atoms with Crippen molar-refractivity contribution < 1.29 is 19.4 Å². The van der Waals surface area contributed by atoms with Gasteiger partial charge in [-0.3, -0.25) is 14.5 Å². The number of carbonyl (C=O) groups is 2. The Balaban J connectivity index is 0.000000248. The summed E-state index contributed by atoms with van der Waals surface area (Å²) in [5.74, 6) is 1.61. The molecule has 0 amide bonds. The van der Waals surface area contributed by atoms with E-state index in [0.717, 1.165) is 94.9 Å². The second-order valence-corrected chi connectivity index (χ2v) is 26.1. The molecule has 45 heteroatoms. The molecule has 1 aliphatic rings. The summed E-state index contributed by atoms with van der Waals surface area (Å²) in [6.07, 6.45) is 3.19. The number of nitrogens with two attached hydrogens (primary N) is 29. The van der Waals surface area contributed by atoms with E-state index in [0.29, 0.717) is 111 Å². The Kier molecular flexibility index (Phi) is 38.1. The van der Waals surface area contributed by atoms with Gasteiger partial charge in [-0.15, -0.1) is 0 Å². The summed E-state index contributed by atoms with van der Waals surface area (Å²) in [5, 5.41) is 8.90. The number of pyridine rings is 1. The van der Waals surface area contributed by atoms with Gasteiger partial charge in [-0.25, -0.2) is 15.0 Å². The van der Waals surface area contributed by atoms with Crippen LogP contribution >= 0.6 is 0 Å². The van der Waals surface area contributed by atoms with Crippen LogP contribution in [-0.4, -0.2) is 155 Å². The summed E-state index contributed by atoms with van der Waals surface area (Å²) in [7, 11) is 0. The fourth-order valence-electron chi connectivity index (χ4n) is 10.8. The van der Waals surface area contributed by atoms with E-state index >= 15 is 0 Å². The van der Waals surface area contributed by atoms with Crippen LogP contribution in [0.4, 0.5) is 133 Å². The minimum Gasteiger partial charge on any atom is -0.502 e. The number of hydrogen-bond donors (Lipinski definition) is 30. The van der Waals surface area contributed by atoms with E-state index in [1.807, 2.05) is 54.6 Å². The molecule has 45 nitrogen and oxygen atoms in total. The number of hydrogen-bond acceptors (Lipinski definition) is 45. The van der Waals surface area contributed by atoms with Crippen LogP contribution in [0.1, 0.15) is 51.1 Å². The molecule has 0 spiro atoms. The molecule has 0 radical (unpaired) electrons. The normalized spacial score (nSPS) is 10.7. The Bertz CT molecular complexity index is 5000. The number of carbonyl (C=O) groups excluding carboxylic acids is 2. The van der Waals surface area contributed by atoms with Gasteiger partial charge in [-0.05, 0) is 155 Å². The molecular weight excluding hydrogens is 1560 g/mol. The number of ketones is 2. The molecule has 5 aromatic heterocycles. The van der Waals surface area contributed by atoms with Gasteiger partial charge in [0.1, 0.15) is 40.2 Å². The monoisotopic (exact) mass is 1680 g/mol. The van der Waals surface area contributed by atoms with E-state index in [1.54, 1.807) is 60.7 Å². The van der Waals surface area contributed by atoms with Crippen molar-refractivity contribution in [1.29, 1.82) is 0 Å². The first-order valence-electron chi connectivity index (χ1n) is 37.2. The first kappa shape index (κ1) is 96.8. The molecule has 59 N–H and O–H groups in total. The highest BCUT2D eigenvalue weighted by Crippen LogP contribution is 2.39. The van der Waals surface area contributed by atoms with Gasteiger partial charge in [0.05, 0.1) is 61.9 Å². The van der Waals surface area contributed by atoms with Crippen molar-refractivity contribution in [2.75, 3.05) is 210 Å². The van der Waals surface area contributed by atoms with Crippen molar-refractivity contribution in [3.8, 4) is 39.6 Å². The molecule has 0 unspecified atom stereocenters. The third-order valence-electron chi connectivity index (χ3n) is 16.7. The average molecular weight is 1680 g/mol. The van der Waals surface area contributed by atoms with Gasteiger partial charge < -0.3 is 181 Å². The van der Waals surface area contributed by atoms with Crippen LogP contribution in [0.2, 0.25) is 0 Å². The number of ether oxygens (including phenoxy) is 1. The number of aromatic hydroxyl groups is 1. The zero-order valence-corrected chi connectivity index (χ0v) is 67.2.